The third-order valence-corrected chi connectivity index (χ3v) is 5.04. The molecule has 0 aromatic heterocycles. The van der Waals surface area contributed by atoms with Crippen LogP contribution in [0.25, 0.3) is 0 Å². The van der Waals surface area contributed by atoms with Crippen LogP contribution in [-0.2, 0) is 10.0 Å². The van der Waals surface area contributed by atoms with E-state index in [2.05, 4.69) is 17.0 Å². The minimum atomic E-state index is -3.46. The summed E-state index contributed by atoms with van der Waals surface area (Å²) in [6, 6.07) is 6.53. The maximum absolute atomic E-state index is 12.3. The molecule has 1 saturated heterocycles. The molecule has 2 atom stereocenters. The minimum Gasteiger partial charge on any atom is -0.494 e. The first-order valence-electron chi connectivity index (χ1n) is 6.99. The summed E-state index contributed by atoms with van der Waals surface area (Å²) in [7, 11) is -3.46. The Morgan fingerprint density at radius 1 is 1.35 bits per heavy atom. The first kappa shape index (κ1) is 15.3. The van der Waals surface area contributed by atoms with Crippen LogP contribution in [0.3, 0.4) is 0 Å². The van der Waals surface area contributed by atoms with E-state index in [9.17, 15) is 8.42 Å². The van der Waals surface area contributed by atoms with Gasteiger partial charge in [0.1, 0.15) is 5.75 Å². The Bertz CT molecular complexity index is 528. The van der Waals surface area contributed by atoms with Crippen LogP contribution in [0.1, 0.15) is 20.3 Å². The maximum Gasteiger partial charge on any atom is 0.240 e. The second-order valence-corrected chi connectivity index (χ2v) is 6.82. The molecule has 2 N–H and O–H groups in total. The molecule has 0 spiro atoms. The van der Waals surface area contributed by atoms with Gasteiger partial charge in [-0.1, -0.05) is 6.92 Å². The average molecular weight is 298 g/mol. The van der Waals surface area contributed by atoms with Crippen molar-refractivity contribution in [2.75, 3.05) is 19.7 Å². The largest absolute Gasteiger partial charge is 0.494 e. The van der Waals surface area contributed by atoms with Crippen molar-refractivity contribution in [3.63, 3.8) is 0 Å². The van der Waals surface area contributed by atoms with Crippen LogP contribution >= 0.6 is 0 Å². The Hall–Kier alpha value is -1.11. The van der Waals surface area contributed by atoms with E-state index in [4.69, 9.17) is 4.74 Å². The second-order valence-electron chi connectivity index (χ2n) is 5.10. The lowest BCUT2D eigenvalue weighted by molar-refractivity contribution is 0.328. The fourth-order valence-electron chi connectivity index (χ4n) is 2.34. The van der Waals surface area contributed by atoms with Gasteiger partial charge in [-0.05, 0) is 56.6 Å². The lowest BCUT2D eigenvalue weighted by atomic mass is 9.97. The number of rotatable bonds is 5. The van der Waals surface area contributed by atoms with Crippen molar-refractivity contribution < 1.29 is 13.2 Å². The number of nitrogens with one attached hydrogen (secondary N) is 2. The summed E-state index contributed by atoms with van der Waals surface area (Å²) in [6.45, 7) is 6.20. The molecule has 2 unspecified atom stereocenters. The van der Waals surface area contributed by atoms with Crippen molar-refractivity contribution >= 4 is 10.0 Å². The zero-order valence-corrected chi connectivity index (χ0v) is 12.7. The minimum absolute atomic E-state index is 0.00665. The maximum atomic E-state index is 12.3. The molecule has 0 amide bonds. The predicted molar refractivity (Wildman–Crippen MR) is 78.4 cm³/mol. The van der Waals surface area contributed by atoms with Gasteiger partial charge in [-0.3, -0.25) is 0 Å². The second kappa shape index (κ2) is 6.56. The van der Waals surface area contributed by atoms with Crippen LogP contribution in [0.5, 0.6) is 5.75 Å². The third-order valence-electron chi connectivity index (χ3n) is 3.54. The van der Waals surface area contributed by atoms with Gasteiger partial charge in [-0.2, -0.15) is 0 Å². The van der Waals surface area contributed by atoms with Crippen LogP contribution in [0.4, 0.5) is 0 Å². The molecule has 0 radical (unpaired) electrons. The van der Waals surface area contributed by atoms with Crippen LogP contribution in [-0.4, -0.2) is 34.2 Å². The number of benzene rings is 1. The normalized spacial score (nSPS) is 23.5. The van der Waals surface area contributed by atoms with Crippen molar-refractivity contribution in [3.8, 4) is 5.75 Å². The molecule has 6 heteroatoms. The van der Waals surface area contributed by atoms with Gasteiger partial charge in [0, 0.05) is 6.04 Å². The van der Waals surface area contributed by atoms with E-state index in [0.717, 1.165) is 19.5 Å². The van der Waals surface area contributed by atoms with Crippen molar-refractivity contribution in [3.05, 3.63) is 24.3 Å². The molecule has 1 aliphatic rings. The van der Waals surface area contributed by atoms with E-state index < -0.39 is 10.0 Å². The first-order valence-corrected chi connectivity index (χ1v) is 8.47. The van der Waals surface area contributed by atoms with Gasteiger partial charge in [-0.25, -0.2) is 13.1 Å². The fraction of sp³-hybridized carbons (Fsp3) is 0.571. The van der Waals surface area contributed by atoms with Gasteiger partial charge < -0.3 is 10.1 Å². The third kappa shape index (κ3) is 3.71. The van der Waals surface area contributed by atoms with Crippen LogP contribution in [0, 0.1) is 5.92 Å². The van der Waals surface area contributed by atoms with E-state index >= 15 is 0 Å². The molecule has 20 heavy (non-hydrogen) atoms. The van der Waals surface area contributed by atoms with Gasteiger partial charge in [0.25, 0.3) is 0 Å². The van der Waals surface area contributed by atoms with Crippen LogP contribution < -0.4 is 14.8 Å². The summed E-state index contributed by atoms with van der Waals surface area (Å²) in [5.74, 6) is 0.975. The quantitative estimate of drug-likeness (QED) is 0.861. The molecule has 1 heterocycles. The van der Waals surface area contributed by atoms with Crippen molar-refractivity contribution in [1.82, 2.24) is 10.0 Å². The summed E-state index contributed by atoms with van der Waals surface area (Å²) in [6.07, 6.45) is 0.817. The topological polar surface area (TPSA) is 67.4 Å². The molecular weight excluding hydrogens is 276 g/mol. The van der Waals surface area contributed by atoms with E-state index in [0.29, 0.717) is 18.3 Å². The summed E-state index contributed by atoms with van der Waals surface area (Å²) in [5, 5.41) is 3.26. The highest BCUT2D eigenvalue weighted by molar-refractivity contribution is 7.89. The molecule has 0 saturated carbocycles. The van der Waals surface area contributed by atoms with E-state index in [1.54, 1.807) is 24.3 Å². The molecule has 112 valence electrons. The summed E-state index contributed by atoms with van der Waals surface area (Å²) in [5.41, 5.74) is 0. The first-order chi connectivity index (χ1) is 9.53. The molecule has 1 aromatic rings. The van der Waals surface area contributed by atoms with E-state index in [-0.39, 0.29) is 10.9 Å². The zero-order valence-electron chi connectivity index (χ0n) is 11.9. The highest BCUT2D eigenvalue weighted by Crippen LogP contribution is 2.18. The average Bonchev–Trinajstić information content (AvgIpc) is 2.42. The Morgan fingerprint density at radius 2 is 2.05 bits per heavy atom. The number of piperidine rings is 1. The number of hydrogen-bond acceptors (Lipinski definition) is 4. The molecule has 5 nitrogen and oxygen atoms in total. The lowest BCUT2D eigenvalue weighted by Gasteiger charge is -2.29. The number of ether oxygens (including phenoxy) is 1. The van der Waals surface area contributed by atoms with Crippen molar-refractivity contribution in [2.24, 2.45) is 5.92 Å². The number of hydrogen-bond donors (Lipinski definition) is 2. The lowest BCUT2D eigenvalue weighted by Crippen LogP contribution is -2.48. The monoisotopic (exact) mass is 298 g/mol. The molecule has 2 rings (SSSR count). The standard InChI is InChI=1S/C14H22N2O3S/c1-3-19-12-4-6-13(7-5-12)20(17,18)16-14-8-9-15-10-11(14)2/h4-7,11,14-16H,3,8-10H2,1-2H3. The summed E-state index contributed by atoms with van der Waals surface area (Å²) in [4.78, 5) is 0.284. The molecule has 1 aliphatic heterocycles. The zero-order chi connectivity index (χ0) is 14.6. The number of sulfonamides is 1. The van der Waals surface area contributed by atoms with E-state index in [1.165, 1.54) is 0 Å². The van der Waals surface area contributed by atoms with Gasteiger partial charge in [0.05, 0.1) is 11.5 Å². The van der Waals surface area contributed by atoms with Crippen molar-refractivity contribution in [2.45, 2.75) is 31.2 Å². The van der Waals surface area contributed by atoms with Crippen LogP contribution in [0.15, 0.2) is 29.2 Å². The van der Waals surface area contributed by atoms with Gasteiger partial charge >= 0.3 is 0 Å². The Kier molecular flexibility index (Phi) is 5.01. The molecule has 1 aromatic carbocycles. The Morgan fingerprint density at radius 3 is 2.65 bits per heavy atom. The molecule has 0 aliphatic carbocycles. The fourth-order valence-corrected chi connectivity index (χ4v) is 3.72. The van der Waals surface area contributed by atoms with Gasteiger partial charge in [0.15, 0.2) is 0 Å². The molecular formula is C14H22N2O3S. The predicted octanol–water partition coefficient (Wildman–Crippen LogP) is 1.36. The Balaban J connectivity index is 2.09. The smallest absolute Gasteiger partial charge is 0.240 e. The summed E-state index contributed by atoms with van der Waals surface area (Å²) < 4.78 is 32.8. The van der Waals surface area contributed by atoms with Gasteiger partial charge in [-0.15, -0.1) is 0 Å². The molecule has 0 bridgehead atoms. The SMILES string of the molecule is CCOc1ccc(S(=O)(=O)NC2CCNCC2C)cc1. The highest BCUT2D eigenvalue weighted by atomic mass is 32.2. The van der Waals surface area contributed by atoms with Crippen molar-refractivity contribution in [1.29, 1.82) is 0 Å². The van der Waals surface area contributed by atoms with E-state index in [1.807, 2.05) is 6.92 Å². The highest BCUT2D eigenvalue weighted by Gasteiger charge is 2.26. The van der Waals surface area contributed by atoms with Crippen LogP contribution in [0.2, 0.25) is 0 Å². The summed E-state index contributed by atoms with van der Waals surface area (Å²) >= 11 is 0. The molecule has 1 fully saturated rings. The Labute approximate surface area is 120 Å². The van der Waals surface area contributed by atoms with Gasteiger partial charge in [0.2, 0.25) is 10.0 Å².